The van der Waals surface area contributed by atoms with E-state index in [2.05, 4.69) is 9.80 Å². The third-order valence-corrected chi connectivity index (χ3v) is 5.10. The minimum atomic E-state index is 0. The molecule has 0 atom stereocenters. The van der Waals surface area contributed by atoms with E-state index in [4.69, 9.17) is 0 Å². The van der Waals surface area contributed by atoms with E-state index in [1.54, 1.807) is 0 Å². The van der Waals surface area contributed by atoms with Gasteiger partial charge in [-0.25, -0.2) is 0 Å². The van der Waals surface area contributed by atoms with Crippen LogP contribution < -0.4 is 4.90 Å². The summed E-state index contributed by atoms with van der Waals surface area (Å²) < 4.78 is 0. The highest BCUT2D eigenvalue weighted by atomic mass is 79.9. The maximum atomic E-state index is 12.4. The van der Waals surface area contributed by atoms with Crippen LogP contribution in [0.4, 0.5) is 5.69 Å². The van der Waals surface area contributed by atoms with Crippen molar-refractivity contribution in [1.29, 1.82) is 0 Å². The molecule has 24 heavy (non-hydrogen) atoms. The van der Waals surface area contributed by atoms with Crippen LogP contribution in [0.1, 0.15) is 42.5 Å². The molecule has 1 aliphatic carbocycles. The number of ketones is 1. The summed E-state index contributed by atoms with van der Waals surface area (Å²) >= 11 is 0. The van der Waals surface area contributed by atoms with E-state index in [0.29, 0.717) is 11.7 Å². The molecule has 0 spiro atoms. The third kappa shape index (κ3) is 5.87. The van der Waals surface area contributed by atoms with Gasteiger partial charge in [-0.3, -0.25) is 4.79 Å². The first-order chi connectivity index (χ1) is 10.6. The lowest BCUT2D eigenvalue weighted by atomic mass is 9.89. The lowest BCUT2D eigenvalue weighted by Crippen LogP contribution is -2.35. The Bertz CT molecular complexity index is 507. The number of rotatable bonds is 6. The molecule has 0 unspecified atom stereocenters. The van der Waals surface area contributed by atoms with Gasteiger partial charge in [-0.15, -0.1) is 17.0 Å². The second-order valence-electron chi connectivity index (χ2n) is 7.26. The summed E-state index contributed by atoms with van der Waals surface area (Å²) in [6, 6.07) is 8.01. The van der Waals surface area contributed by atoms with Crippen LogP contribution in [0.25, 0.3) is 0 Å². The van der Waals surface area contributed by atoms with Gasteiger partial charge >= 0.3 is 0 Å². The molecule has 0 amide bonds. The minimum Gasteiger partial charge on any atom is -0.412 e. The van der Waals surface area contributed by atoms with Crippen molar-refractivity contribution in [3.63, 3.8) is 0 Å². The molecule has 1 aromatic rings. The van der Waals surface area contributed by atoms with Crippen molar-refractivity contribution >= 4 is 28.5 Å². The van der Waals surface area contributed by atoms with Gasteiger partial charge in [0.25, 0.3) is 0 Å². The topological polar surface area (TPSA) is 55.1 Å². The van der Waals surface area contributed by atoms with Gasteiger partial charge in [0, 0.05) is 38.3 Å². The van der Waals surface area contributed by atoms with Gasteiger partial charge in [0.05, 0.1) is 0 Å². The summed E-state index contributed by atoms with van der Waals surface area (Å²) in [5, 5.41) is 0. The summed E-state index contributed by atoms with van der Waals surface area (Å²) in [7, 11) is 4.04. The molecule has 1 aliphatic heterocycles. The van der Waals surface area contributed by atoms with Crippen LogP contribution >= 0.6 is 17.0 Å². The zero-order valence-corrected chi connectivity index (χ0v) is 16.5. The second-order valence-corrected chi connectivity index (χ2v) is 7.26. The number of anilines is 1. The summed E-state index contributed by atoms with van der Waals surface area (Å²) in [5.41, 5.74) is 2.01. The lowest BCUT2D eigenvalue weighted by molar-refractivity contribution is 0.0926. The number of Topliss-reactive ketones (excluding diaryl/α,β-unsaturated/α-hetero) is 1. The molecule has 2 aliphatic rings. The van der Waals surface area contributed by atoms with Crippen LogP contribution in [0, 0.1) is 11.8 Å². The van der Waals surface area contributed by atoms with Gasteiger partial charge in [0.2, 0.25) is 0 Å². The average Bonchev–Trinajstić information content (AvgIpc) is 3.33. The molecule has 1 saturated carbocycles. The molecule has 4 nitrogen and oxygen atoms in total. The number of nitrogens with zero attached hydrogens (tertiary/aromatic N) is 2. The van der Waals surface area contributed by atoms with Gasteiger partial charge in [0.1, 0.15) is 0 Å². The molecule has 0 aromatic heterocycles. The van der Waals surface area contributed by atoms with Gasteiger partial charge in [-0.1, -0.05) is 0 Å². The summed E-state index contributed by atoms with van der Waals surface area (Å²) in [6.45, 7) is 3.68. The van der Waals surface area contributed by atoms with Gasteiger partial charge in [0.15, 0.2) is 5.78 Å². The monoisotopic (exact) mass is 398 g/mol. The number of piperidine rings is 1. The average molecular weight is 399 g/mol. The standard InChI is InChI=1S/C19H28N2O.BrH.H2O/c1-20(2)18-7-5-17(6-8-18)19(22)13-15-9-11-21(12-10-15)14-16-3-4-16;;/h5-8,15-16H,3-4,9-14H2,1-2H3;1H;1H2. The van der Waals surface area contributed by atoms with Gasteiger partial charge in [-0.05, 0) is 74.9 Å². The Kier molecular flexibility index (Phi) is 8.40. The molecule has 1 aromatic carbocycles. The highest BCUT2D eigenvalue weighted by molar-refractivity contribution is 8.93. The number of hydrogen-bond acceptors (Lipinski definition) is 3. The first-order valence-corrected chi connectivity index (χ1v) is 8.65. The molecule has 1 saturated heterocycles. The Morgan fingerprint density at radius 1 is 1.04 bits per heavy atom. The summed E-state index contributed by atoms with van der Waals surface area (Å²) in [5.74, 6) is 1.87. The molecule has 5 heteroatoms. The quantitative estimate of drug-likeness (QED) is 0.691. The van der Waals surface area contributed by atoms with E-state index in [-0.39, 0.29) is 22.5 Å². The second kappa shape index (κ2) is 9.54. The molecule has 2 fully saturated rings. The number of carbonyl (C=O) groups excluding carboxylic acids is 1. The van der Waals surface area contributed by atoms with Crippen molar-refractivity contribution in [2.45, 2.75) is 32.1 Å². The van der Waals surface area contributed by atoms with E-state index in [0.717, 1.165) is 23.6 Å². The Balaban J connectivity index is 0.00000144. The predicted molar refractivity (Wildman–Crippen MR) is 106 cm³/mol. The number of hydrogen-bond donors (Lipinski definition) is 0. The Morgan fingerprint density at radius 3 is 2.12 bits per heavy atom. The van der Waals surface area contributed by atoms with Crippen molar-refractivity contribution in [2.24, 2.45) is 11.8 Å². The largest absolute Gasteiger partial charge is 0.412 e. The smallest absolute Gasteiger partial charge is 0.163 e. The van der Waals surface area contributed by atoms with Crippen LogP contribution in [0.2, 0.25) is 0 Å². The Morgan fingerprint density at radius 2 is 1.62 bits per heavy atom. The first kappa shape index (κ1) is 21.1. The van der Waals surface area contributed by atoms with Crippen LogP contribution in [0.5, 0.6) is 0 Å². The molecule has 136 valence electrons. The van der Waals surface area contributed by atoms with Crippen LogP contribution in [-0.2, 0) is 0 Å². The fraction of sp³-hybridized carbons (Fsp3) is 0.632. The molecule has 3 rings (SSSR count). The lowest BCUT2D eigenvalue weighted by Gasteiger charge is -2.31. The van der Waals surface area contributed by atoms with E-state index in [1.807, 2.05) is 38.4 Å². The zero-order valence-electron chi connectivity index (χ0n) is 14.8. The van der Waals surface area contributed by atoms with Crippen LogP contribution in [0.3, 0.4) is 0 Å². The van der Waals surface area contributed by atoms with Gasteiger partial charge in [-0.2, -0.15) is 0 Å². The Hall–Kier alpha value is -0.910. The van der Waals surface area contributed by atoms with Crippen LogP contribution in [-0.4, -0.2) is 49.9 Å². The summed E-state index contributed by atoms with van der Waals surface area (Å²) in [4.78, 5) is 17.1. The normalized spacial score (nSPS) is 18.4. The van der Waals surface area contributed by atoms with Crippen molar-refractivity contribution in [3.05, 3.63) is 29.8 Å². The van der Waals surface area contributed by atoms with E-state index >= 15 is 0 Å². The van der Waals surface area contributed by atoms with Crippen molar-refractivity contribution < 1.29 is 10.3 Å². The highest BCUT2D eigenvalue weighted by Gasteiger charge is 2.27. The fourth-order valence-corrected chi connectivity index (χ4v) is 3.36. The zero-order chi connectivity index (χ0) is 15.5. The van der Waals surface area contributed by atoms with E-state index < -0.39 is 0 Å². The highest BCUT2D eigenvalue weighted by Crippen LogP contribution is 2.31. The molecular formula is C19H31BrN2O2. The van der Waals surface area contributed by atoms with Crippen molar-refractivity contribution in [2.75, 3.05) is 38.6 Å². The maximum Gasteiger partial charge on any atom is 0.163 e. The summed E-state index contributed by atoms with van der Waals surface area (Å²) in [6.07, 6.45) is 5.96. The van der Waals surface area contributed by atoms with Gasteiger partial charge < -0.3 is 15.3 Å². The molecule has 1 heterocycles. The van der Waals surface area contributed by atoms with Crippen molar-refractivity contribution in [3.8, 4) is 0 Å². The number of halogens is 1. The first-order valence-electron chi connectivity index (χ1n) is 8.65. The third-order valence-electron chi connectivity index (χ3n) is 5.10. The van der Waals surface area contributed by atoms with E-state index in [9.17, 15) is 4.79 Å². The molecule has 2 N–H and O–H groups in total. The maximum absolute atomic E-state index is 12.4. The number of likely N-dealkylation sites (tertiary alicyclic amines) is 1. The molecular weight excluding hydrogens is 368 g/mol. The Labute approximate surface area is 156 Å². The number of benzene rings is 1. The van der Waals surface area contributed by atoms with E-state index in [1.165, 1.54) is 45.3 Å². The van der Waals surface area contributed by atoms with Crippen molar-refractivity contribution in [1.82, 2.24) is 4.90 Å². The molecule has 0 bridgehead atoms. The number of carbonyl (C=O) groups is 1. The molecule has 0 radical (unpaired) electrons. The SMILES string of the molecule is Br.CN(C)c1ccc(C(=O)CC2CCN(CC3CC3)CC2)cc1.O. The fourth-order valence-electron chi connectivity index (χ4n) is 3.36. The van der Waals surface area contributed by atoms with Crippen LogP contribution in [0.15, 0.2) is 24.3 Å². The minimum absolute atomic E-state index is 0. The predicted octanol–water partition coefficient (Wildman–Crippen LogP) is 3.20.